The lowest BCUT2D eigenvalue weighted by Crippen LogP contribution is -2.58. The summed E-state index contributed by atoms with van der Waals surface area (Å²) in [4.78, 5) is 25.3. The zero-order chi connectivity index (χ0) is 22.2. The van der Waals surface area contributed by atoms with Crippen molar-refractivity contribution in [3.63, 3.8) is 0 Å². The monoisotopic (exact) mass is 441 g/mol. The van der Waals surface area contributed by atoms with Crippen LogP contribution in [-0.2, 0) is 4.74 Å². The number of rotatable bonds is 5. The Morgan fingerprint density at radius 1 is 1.19 bits per heavy atom. The van der Waals surface area contributed by atoms with E-state index in [1.165, 1.54) is 0 Å². The lowest BCUT2D eigenvalue weighted by atomic mass is 9.81. The minimum absolute atomic E-state index is 0.0279. The molecule has 10 heteroatoms. The van der Waals surface area contributed by atoms with Gasteiger partial charge in [0.25, 0.3) is 0 Å². The van der Waals surface area contributed by atoms with Crippen molar-refractivity contribution < 1.29 is 14.6 Å². The molecular weight excluding hydrogens is 410 g/mol. The molecule has 3 fully saturated rings. The highest BCUT2D eigenvalue weighted by molar-refractivity contribution is 5.66. The molecule has 10 nitrogen and oxygen atoms in total. The zero-order valence-electron chi connectivity index (χ0n) is 18.6. The van der Waals surface area contributed by atoms with Gasteiger partial charge < -0.3 is 25.0 Å². The maximum absolute atomic E-state index is 11.8. The molecular formula is C22H31N7O3. The summed E-state index contributed by atoms with van der Waals surface area (Å²) in [5.41, 5.74) is 1.84. The number of hydrogen-bond acceptors (Lipinski definition) is 7. The number of fused-ring (bicyclic) bond motifs is 2. The fraction of sp³-hybridized carbons (Fsp3) is 0.636. The van der Waals surface area contributed by atoms with Gasteiger partial charge in [0.05, 0.1) is 11.8 Å². The summed E-state index contributed by atoms with van der Waals surface area (Å²) in [6.45, 7) is 2.70. The van der Waals surface area contributed by atoms with E-state index in [1.807, 2.05) is 26.1 Å². The Labute approximate surface area is 187 Å². The number of nitrogens with one attached hydrogen (secondary N) is 2. The molecule has 2 aromatic heterocycles. The molecule has 4 atom stereocenters. The van der Waals surface area contributed by atoms with Crippen LogP contribution < -0.4 is 10.2 Å². The molecule has 2 bridgehead atoms. The minimum atomic E-state index is -0.793. The Balaban J connectivity index is 1.41. The third-order valence-corrected chi connectivity index (χ3v) is 6.99. The third-order valence-electron chi connectivity index (χ3n) is 6.99. The van der Waals surface area contributed by atoms with Gasteiger partial charge in [-0.25, -0.2) is 9.78 Å². The zero-order valence-corrected chi connectivity index (χ0v) is 18.6. The maximum Gasteiger partial charge on any atom is 0.407 e. The molecule has 1 amide bonds. The van der Waals surface area contributed by atoms with Crippen molar-refractivity contribution in [2.24, 2.45) is 0 Å². The first-order chi connectivity index (χ1) is 15.5. The molecule has 3 aliphatic rings. The number of amides is 1. The van der Waals surface area contributed by atoms with Crippen molar-refractivity contribution in [2.75, 3.05) is 23.9 Å². The van der Waals surface area contributed by atoms with Gasteiger partial charge in [-0.3, -0.25) is 5.10 Å². The van der Waals surface area contributed by atoms with Gasteiger partial charge in [0.1, 0.15) is 5.82 Å². The SMILES string of the molecule is Cc1cc(Nc2cc(C3CCCO3)nc(N(C)[C@H]3C[C@H]4CCC[C@@H](C3)N4C(=O)O)n2)n[nH]1. The van der Waals surface area contributed by atoms with Crippen LogP contribution in [0.25, 0.3) is 0 Å². The summed E-state index contributed by atoms with van der Waals surface area (Å²) in [5.74, 6) is 2.03. The van der Waals surface area contributed by atoms with Crippen LogP contribution >= 0.6 is 0 Å². The first-order valence-corrected chi connectivity index (χ1v) is 11.5. The van der Waals surface area contributed by atoms with Gasteiger partial charge in [-0.15, -0.1) is 0 Å². The molecule has 2 aromatic rings. The topological polar surface area (TPSA) is 120 Å². The largest absolute Gasteiger partial charge is 0.465 e. The lowest BCUT2D eigenvalue weighted by molar-refractivity contribution is 0.0351. The quantitative estimate of drug-likeness (QED) is 0.644. The van der Waals surface area contributed by atoms with Crippen LogP contribution in [0.5, 0.6) is 0 Å². The Bertz CT molecular complexity index is 960. The van der Waals surface area contributed by atoms with Gasteiger partial charge in [0.2, 0.25) is 5.95 Å². The second-order valence-corrected chi connectivity index (χ2v) is 9.21. The predicted molar refractivity (Wildman–Crippen MR) is 119 cm³/mol. The average Bonchev–Trinajstić information content (AvgIpc) is 3.44. The molecule has 3 N–H and O–H groups in total. The van der Waals surface area contributed by atoms with Crippen LogP contribution in [0.1, 0.15) is 62.4 Å². The molecule has 0 spiro atoms. The van der Waals surface area contributed by atoms with Gasteiger partial charge in [0.15, 0.2) is 5.82 Å². The number of H-pyrrole nitrogens is 1. The van der Waals surface area contributed by atoms with Gasteiger partial charge in [-0.2, -0.15) is 10.1 Å². The van der Waals surface area contributed by atoms with E-state index in [0.29, 0.717) is 17.6 Å². The summed E-state index contributed by atoms with van der Waals surface area (Å²) >= 11 is 0. The number of aromatic amines is 1. The van der Waals surface area contributed by atoms with Gasteiger partial charge in [-0.05, 0) is 51.9 Å². The van der Waals surface area contributed by atoms with Crippen LogP contribution in [0, 0.1) is 6.92 Å². The van der Waals surface area contributed by atoms with E-state index in [2.05, 4.69) is 20.4 Å². The minimum Gasteiger partial charge on any atom is -0.465 e. The summed E-state index contributed by atoms with van der Waals surface area (Å²) in [6.07, 6.45) is 5.70. The van der Waals surface area contributed by atoms with Gasteiger partial charge in [-0.1, -0.05) is 0 Å². The normalized spacial score (nSPS) is 27.4. The number of hydrogen-bond donors (Lipinski definition) is 3. The van der Waals surface area contributed by atoms with Crippen LogP contribution in [0.4, 0.5) is 22.4 Å². The van der Waals surface area contributed by atoms with Crippen LogP contribution in [0.15, 0.2) is 12.1 Å². The number of nitrogens with zero attached hydrogens (tertiary/aromatic N) is 5. The van der Waals surface area contributed by atoms with Crippen LogP contribution in [0.3, 0.4) is 0 Å². The van der Waals surface area contributed by atoms with Crippen molar-refractivity contribution in [2.45, 2.75) is 76.1 Å². The van der Waals surface area contributed by atoms with Gasteiger partial charge in [0, 0.05) is 49.6 Å². The van der Waals surface area contributed by atoms with E-state index in [0.717, 1.165) is 62.9 Å². The first kappa shape index (κ1) is 21.0. The highest BCUT2D eigenvalue weighted by atomic mass is 16.5. The molecule has 0 aliphatic carbocycles. The van der Waals surface area contributed by atoms with E-state index in [9.17, 15) is 9.90 Å². The second kappa shape index (κ2) is 8.57. The predicted octanol–water partition coefficient (Wildman–Crippen LogP) is 3.60. The molecule has 5 rings (SSSR count). The standard InChI is InChI=1S/C22H31N7O3/c1-13-9-20(27-26-13)24-19-12-17(18-7-4-8-32-18)23-21(25-19)28(2)16-10-14-5-3-6-15(11-16)29(14)22(30)31/h9,12,14-16,18H,3-8,10-11H2,1-2H3,(H,30,31)(H2,23,24,25,26,27)/t14-,15+,16+,18?. The fourth-order valence-corrected chi connectivity index (χ4v) is 5.41. The van der Waals surface area contributed by atoms with Crippen molar-refractivity contribution >= 4 is 23.7 Å². The van der Waals surface area contributed by atoms with Crippen molar-refractivity contribution in [3.05, 3.63) is 23.5 Å². The van der Waals surface area contributed by atoms with E-state index in [1.54, 1.807) is 4.90 Å². The number of carbonyl (C=O) groups is 1. The molecule has 0 radical (unpaired) electrons. The van der Waals surface area contributed by atoms with Crippen molar-refractivity contribution in [1.82, 2.24) is 25.1 Å². The average molecular weight is 442 g/mol. The van der Waals surface area contributed by atoms with E-state index in [-0.39, 0.29) is 24.2 Å². The number of aryl methyl sites for hydroxylation is 1. The van der Waals surface area contributed by atoms with E-state index in [4.69, 9.17) is 14.7 Å². The fourth-order valence-electron chi connectivity index (χ4n) is 5.41. The highest BCUT2D eigenvalue weighted by Gasteiger charge is 2.42. The molecule has 3 saturated heterocycles. The van der Waals surface area contributed by atoms with E-state index >= 15 is 0 Å². The Hall–Kier alpha value is -2.88. The lowest BCUT2D eigenvalue weighted by Gasteiger charge is -2.49. The molecule has 0 saturated carbocycles. The van der Waals surface area contributed by atoms with Gasteiger partial charge >= 0.3 is 6.09 Å². The van der Waals surface area contributed by atoms with Crippen molar-refractivity contribution in [3.8, 4) is 0 Å². The summed E-state index contributed by atoms with van der Waals surface area (Å²) in [7, 11) is 2.02. The third kappa shape index (κ3) is 4.11. The Kier molecular flexibility index (Phi) is 5.62. The Morgan fingerprint density at radius 2 is 1.97 bits per heavy atom. The number of ether oxygens (including phenoxy) is 1. The second-order valence-electron chi connectivity index (χ2n) is 9.21. The number of carboxylic acid groups (broad SMARTS) is 1. The molecule has 1 unspecified atom stereocenters. The van der Waals surface area contributed by atoms with E-state index < -0.39 is 6.09 Å². The van der Waals surface area contributed by atoms with Crippen molar-refractivity contribution in [1.29, 1.82) is 0 Å². The molecule has 172 valence electrons. The highest BCUT2D eigenvalue weighted by Crippen LogP contribution is 2.37. The summed E-state index contributed by atoms with van der Waals surface area (Å²) in [5, 5.41) is 20.2. The molecule has 3 aliphatic heterocycles. The summed E-state index contributed by atoms with van der Waals surface area (Å²) < 4.78 is 5.90. The maximum atomic E-state index is 11.8. The smallest absolute Gasteiger partial charge is 0.407 e. The van der Waals surface area contributed by atoms with Crippen LogP contribution in [0.2, 0.25) is 0 Å². The first-order valence-electron chi connectivity index (χ1n) is 11.5. The number of piperidine rings is 2. The molecule has 32 heavy (non-hydrogen) atoms. The number of aromatic nitrogens is 4. The van der Waals surface area contributed by atoms with Crippen LogP contribution in [-0.4, -0.2) is 68.0 Å². The molecule has 5 heterocycles. The molecule has 0 aromatic carbocycles. The Morgan fingerprint density at radius 3 is 2.59 bits per heavy atom. The number of anilines is 3. The summed E-state index contributed by atoms with van der Waals surface area (Å²) in [6, 6.07) is 4.21.